The molecule has 4 bridgehead atoms. The number of aromatic nitrogens is 2. The Labute approximate surface area is 118 Å². The van der Waals surface area contributed by atoms with Crippen LogP contribution in [0.1, 0.15) is 44.2 Å². The van der Waals surface area contributed by atoms with E-state index in [1.54, 1.807) is 12.3 Å². The maximum atomic E-state index is 13.4. The highest BCUT2D eigenvalue weighted by Crippen LogP contribution is 2.60. The van der Waals surface area contributed by atoms with Crippen molar-refractivity contribution < 1.29 is 4.39 Å². The Morgan fingerprint density at radius 2 is 1.65 bits per heavy atom. The van der Waals surface area contributed by atoms with Crippen molar-refractivity contribution in [3.05, 3.63) is 36.0 Å². The van der Waals surface area contributed by atoms with Gasteiger partial charge in [0.15, 0.2) is 0 Å². The third-order valence-electron chi connectivity index (χ3n) is 6.00. The Hall–Kier alpha value is -1.38. The number of pyridine rings is 1. The van der Waals surface area contributed by atoms with Crippen LogP contribution in [-0.2, 0) is 5.41 Å². The van der Waals surface area contributed by atoms with E-state index in [2.05, 4.69) is 6.20 Å². The Kier molecular flexibility index (Phi) is 2.05. The maximum absolute atomic E-state index is 13.4. The normalized spacial score (nSPS) is 38.8. The number of hydrogen-bond acceptors (Lipinski definition) is 1. The van der Waals surface area contributed by atoms with Crippen molar-refractivity contribution in [1.29, 1.82) is 0 Å². The molecule has 104 valence electrons. The second-order valence-electron chi connectivity index (χ2n) is 7.44. The quantitative estimate of drug-likeness (QED) is 0.767. The predicted molar refractivity (Wildman–Crippen MR) is 75.0 cm³/mol. The number of rotatable bonds is 1. The number of imidazole rings is 1. The standard InChI is InChI=1S/C17H19FN2/c18-14-1-2-16-19-15(10-20(16)9-14)17-6-11-3-12(7-17)5-13(4-11)8-17/h1-2,9-13H,3-8H2. The lowest BCUT2D eigenvalue weighted by Crippen LogP contribution is -2.48. The van der Waals surface area contributed by atoms with Crippen molar-refractivity contribution in [3.63, 3.8) is 0 Å². The van der Waals surface area contributed by atoms with Crippen molar-refractivity contribution in [1.82, 2.24) is 9.38 Å². The lowest BCUT2D eigenvalue weighted by molar-refractivity contribution is -0.00697. The van der Waals surface area contributed by atoms with E-state index in [-0.39, 0.29) is 5.82 Å². The van der Waals surface area contributed by atoms with E-state index in [0.29, 0.717) is 5.41 Å². The minimum Gasteiger partial charge on any atom is -0.304 e. The first-order valence-electron chi connectivity index (χ1n) is 7.85. The van der Waals surface area contributed by atoms with Crippen LogP contribution in [-0.4, -0.2) is 9.38 Å². The van der Waals surface area contributed by atoms with Gasteiger partial charge in [-0.25, -0.2) is 9.37 Å². The monoisotopic (exact) mass is 270 g/mol. The maximum Gasteiger partial charge on any atom is 0.139 e. The van der Waals surface area contributed by atoms with Gasteiger partial charge in [-0.1, -0.05) is 0 Å². The topological polar surface area (TPSA) is 17.3 Å². The summed E-state index contributed by atoms with van der Waals surface area (Å²) in [5, 5.41) is 0. The van der Waals surface area contributed by atoms with E-state index in [0.717, 1.165) is 23.4 Å². The van der Waals surface area contributed by atoms with Crippen LogP contribution in [0, 0.1) is 23.6 Å². The van der Waals surface area contributed by atoms with Crippen molar-refractivity contribution in [2.75, 3.05) is 0 Å². The summed E-state index contributed by atoms with van der Waals surface area (Å²) in [5.41, 5.74) is 2.41. The summed E-state index contributed by atoms with van der Waals surface area (Å²) in [6.07, 6.45) is 11.9. The van der Waals surface area contributed by atoms with Crippen LogP contribution in [0.25, 0.3) is 5.65 Å². The summed E-state index contributed by atoms with van der Waals surface area (Å²) < 4.78 is 15.2. The molecule has 2 aromatic heterocycles. The van der Waals surface area contributed by atoms with Gasteiger partial charge in [-0.2, -0.15) is 0 Å². The molecule has 4 fully saturated rings. The average Bonchev–Trinajstić information content (AvgIpc) is 2.80. The molecular weight excluding hydrogens is 251 g/mol. The molecule has 0 spiro atoms. The Morgan fingerprint density at radius 3 is 2.30 bits per heavy atom. The smallest absolute Gasteiger partial charge is 0.139 e. The van der Waals surface area contributed by atoms with Crippen molar-refractivity contribution in [2.24, 2.45) is 17.8 Å². The van der Waals surface area contributed by atoms with Crippen LogP contribution < -0.4 is 0 Å². The molecule has 0 N–H and O–H groups in total. The molecule has 4 aliphatic carbocycles. The van der Waals surface area contributed by atoms with Crippen molar-refractivity contribution >= 4 is 5.65 Å². The van der Waals surface area contributed by atoms with Crippen LogP contribution in [0.2, 0.25) is 0 Å². The fourth-order valence-electron chi connectivity index (χ4n) is 5.64. The summed E-state index contributed by atoms with van der Waals surface area (Å²) in [7, 11) is 0. The van der Waals surface area contributed by atoms with Crippen LogP contribution in [0.5, 0.6) is 0 Å². The highest BCUT2D eigenvalue weighted by Gasteiger charge is 2.52. The number of halogens is 1. The molecule has 0 unspecified atom stereocenters. The van der Waals surface area contributed by atoms with Crippen LogP contribution in [0.3, 0.4) is 0 Å². The Bertz CT molecular complexity index is 652. The fraction of sp³-hybridized carbons (Fsp3) is 0.588. The molecule has 0 aliphatic heterocycles. The van der Waals surface area contributed by atoms with Gasteiger partial charge in [0, 0.05) is 17.8 Å². The van der Waals surface area contributed by atoms with Gasteiger partial charge in [-0.3, -0.25) is 0 Å². The van der Waals surface area contributed by atoms with Gasteiger partial charge >= 0.3 is 0 Å². The zero-order valence-electron chi connectivity index (χ0n) is 11.6. The number of fused-ring (bicyclic) bond motifs is 1. The van der Waals surface area contributed by atoms with Crippen molar-refractivity contribution in [2.45, 2.75) is 43.9 Å². The van der Waals surface area contributed by atoms with Crippen LogP contribution in [0.4, 0.5) is 4.39 Å². The third-order valence-corrected chi connectivity index (χ3v) is 6.00. The lowest BCUT2D eigenvalue weighted by atomic mass is 9.49. The van der Waals surface area contributed by atoms with Gasteiger partial charge in [0.05, 0.1) is 5.69 Å². The van der Waals surface area contributed by atoms with Gasteiger partial charge < -0.3 is 4.40 Å². The first-order chi connectivity index (χ1) is 9.70. The second kappa shape index (κ2) is 3.63. The SMILES string of the molecule is Fc1ccc2nc(C34CC5CC(CC(C5)C3)C4)cn2c1. The van der Waals surface area contributed by atoms with Gasteiger partial charge in [0.2, 0.25) is 0 Å². The van der Waals surface area contributed by atoms with E-state index in [9.17, 15) is 4.39 Å². The predicted octanol–water partition coefficient (Wildman–Crippen LogP) is 3.94. The number of hydrogen-bond donors (Lipinski definition) is 0. The van der Waals surface area contributed by atoms with Gasteiger partial charge in [-0.15, -0.1) is 0 Å². The second-order valence-corrected chi connectivity index (χ2v) is 7.44. The van der Waals surface area contributed by atoms with Gasteiger partial charge in [0.1, 0.15) is 11.5 Å². The third kappa shape index (κ3) is 1.46. The summed E-state index contributed by atoms with van der Waals surface area (Å²) in [4.78, 5) is 4.84. The van der Waals surface area contributed by atoms with E-state index in [4.69, 9.17) is 4.98 Å². The molecule has 4 aliphatic rings. The summed E-state index contributed by atoms with van der Waals surface area (Å²) in [5.74, 6) is 2.57. The molecule has 0 atom stereocenters. The molecule has 20 heavy (non-hydrogen) atoms. The highest BCUT2D eigenvalue weighted by molar-refractivity contribution is 5.42. The largest absolute Gasteiger partial charge is 0.304 e. The van der Waals surface area contributed by atoms with E-state index in [1.807, 2.05) is 4.40 Å². The molecular formula is C17H19FN2. The fourth-order valence-corrected chi connectivity index (χ4v) is 5.64. The molecule has 2 aromatic rings. The molecule has 3 heteroatoms. The summed E-state index contributed by atoms with van der Waals surface area (Å²) in [6, 6.07) is 3.30. The Balaban J connectivity index is 1.63. The Morgan fingerprint density at radius 1 is 1.00 bits per heavy atom. The molecule has 0 aromatic carbocycles. The van der Waals surface area contributed by atoms with E-state index in [1.165, 1.54) is 50.3 Å². The molecule has 2 nitrogen and oxygen atoms in total. The molecule has 6 rings (SSSR count). The van der Waals surface area contributed by atoms with Crippen LogP contribution in [0.15, 0.2) is 24.5 Å². The molecule has 4 saturated carbocycles. The highest BCUT2D eigenvalue weighted by atomic mass is 19.1. The summed E-state index contributed by atoms with van der Waals surface area (Å²) >= 11 is 0. The molecule has 0 saturated heterocycles. The lowest BCUT2D eigenvalue weighted by Gasteiger charge is -2.56. The summed E-state index contributed by atoms with van der Waals surface area (Å²) in [6.45, 7) is 0. The minimum atomic E-state index is -0.188. The molecule has 0 radical (unpaired) electrons. The average molecular weight is 270 g/mol. The van der Waals surface area contributed by atoms with Crippen molar-refractivity contribution in [3.8, 4) is 0 Å². The van der Waals surface area contributed by atoms with E-state index < -0.39 is 0 Å². The zero-order chi connectivity index (χ0) is 13.3. The van der Waals surface area contributed by atoms with Gasteiger partial charge in [0.25, 0.3) is 0 Å². The van der Waals surface area contributed by atoms with Crippen LogP contribution >= 0.6 is 0 Å². The number of nitrogens with zero attached hydrogens (tertiary/aromatic N) is 2. The first kappa shape index (κ1) is 11.3. The zero-order valence-corrected chi connectivity index (χ0v) is 11.6. The minimum absolute atomic E-state index is 0.188. The first-order valence-corrected chi connectivity index (χ1v) is 7.85. The molecule has 0 amide bonds. The van der Waals surface area contributed by atoms with E-state index >= 15 is 0 Å². The molecule has 2 heterocycles. The van der Waals surface area contributed by atoms with Gasteiger partial charge in [-0.05, 0) is 68.4 Å².